The molecule has 21 heavy (non-hydrogen) atoms. The van der Waals surface area contributed by atoms with Crippen molar-refractivity contribution >= 4 is 16.6 Å². The highest BCUT2D eigenvalue weighted by molar-refractivity contribution is 5.78. The molecule has 1 aliphatic rings. The van der Waals surface area contributed by atoms with E-state index in [4.69, 9.17) is 0 Å². The topological polar surface area (TPSA) is 29.6 Å². The molecule has 0 N–H and O–H groups in total. The van der Waals surface area contributed by atoms with Crippen LogP contribution < -0.4 is 5.56 Å². The first-order chi connectivity index (χ1) is 10.3. The summed E-state index contributed by atoms with van der Waals surface area (Å²) in [6, 6.07) is 12.0. The molecule has 1 fully saturated rings. The second-order valence-electron chi connectivity index (χ2n) is 5.76. The molecule has 4 rings (SSSR count). The summed E-state index contributed by atoms with van der Waals surface area (Å²) in [5.74, 6) is 0. The van der Waals surface area contributed by atoms with E-state index in [1.165, 1.54) is 25.9 Å². The molecule has 0 saturated carbocycles. The van der Waals surface area contributed by atoms with Crippen LogP contribution in [0.2, 0.25) is 0 Å². The standard InChI is InChI=1S/C17H19N3O/c21-17-16-8-5-11-19(16)14-6-1-2-7-15(14)20(17)13-12-18-9-3-4-10-18/h1-2,5-8,11H,3-4,9-10,12-13H2. The molecule has 1 aliphatic heterocycles. The van der Waals surface area contributed by atoms with Crippen molar-refractivity contribution in [2.45, 2.75) is 19.4 Å². The lowest BCUT2D eigenvalue weighted by Crippen LogP contribution is -2.30. The van der Waals surface area contributed by atoms with Gasteiger partial charge in [0.1, 0.15) is 5.52 Å². The SMILES string of the molecule is O=c1c2cccn2c2ccccc2n1CCN1CCCC1. The molecular formula is C17H19N3O. The van der Waals surface area contributed by atoms with Crippen LogP contribution in [0.25, 0.3) is 16.6 Å². The molecule has 1 aromatic carbocycles. The average molecular weight is 281 g/mol. The Labute approximate surface area is 123 Å². The molecule has 108 valence electrons. The van der Waals surface area contributed by atoms with Crippen molar-refractivity contribution in [3.8, 4) is 0 Å². The monoisotopic (exact) mass is 281 g/mol. The Morgan fingerprint density at radius 2 is 1.57 bits per heavy atom. The van der Waals surface area contributed by atoms with Gasteiger partial charge in [0.25, 0.3) is 5.56 Å². The van der Waals surface area contributed by atoms with Gasteiger partial charge in [-0.25, -0.2) is 0 Å². The zero-order valence-corrected chi connectivity index (χ0v) is 12.0. The van der Waals surface area contributed by atoms with Crippen molar-refractivity contribution < 1.29 is 0 Å². The van der Waals surface area contributed by atoms with Crippen LogP contribution in [0.1, 0.15) is 12.8 Å². The number of hydrogen-bond donors (Lipinski definition) is 0. The maximum atomic E-state index is 12.7. The van der Waals surface area contributed by atoms with Crippen LogP contribution in [0.5, 0.6) is 0 Å². The molecular weight excluding hydrogens is 262 g/mol. The van der Waals surface area contributed by atoms with Crippen molar-refractivity contribution in [1.29, 1.82) is 0 Å². The number of hydrogen-bond acceptors (Lipinski definition) is 2. The zero-order valence-electron chi connectivity index (χ0n) is 12.0. The lowest BCUT2D eigenvalue weighted by molar-refractivity contribution is 0.323. The van der Waals surface area contributed by atoms with E-state index in [0.29, 0.717) is 0 Å². The summed E-state index contributed by atoms with van der Waals surface area (Å²) >= 11 is 0. The van der Waals surface area contributed by atoms with E-state index < -0.39 is 0 Å². The molecule has 3 heterocycles. The maximum Gasteiger partial charge on any atom is 0.275 e. The third-order valence-electron chi connectivity index (χ3n) is 4.48. The molecule has 0 aliphatic carbocycles. The highest BCUT2D eigenvalue weighted by Crippen LogP contribution is 2.15. The Balaban J connectivity index is 1.84. The van der Waals surface area contributed by atoms with Crippen molar-refractivity contribution in [3.05, 3.63) is 52.9 Å². The average Bonchev–Trinajstić information content (AvgIpc) is 3.19. The first-order valence-corrected chi connectivity index (χ1v) is 7.65. The van der Waals surface area contributed by atoms with Gasteiger partial charge < -0.3 is 13.9 Å². The third kappa shape index (κ3) is 2.07. The molecule has 0 unspecified atom stereocenters. The summed E-state index contributed by atoms with van der Waals surface area (Å²) in [7, 11) is 0. The predicted molar refractivity (Wildman–Crippen MR) is 84.8 cm³/mol. The summed E-state index contributed by atoms with van der Waals surface area (Å²) in [6.07, 6.45) is 4.53. The summed E-state index contributed by atoms with van der Waals surface area (Å²) in [5.41, 5.74) is 2.98. The quantitative estimate of drug-likeness (QED) is 0.737. The Kier molecular flexibility index (Phi) is 3.04. The highest BCUT2D eigenvalue weighted by atomic mass is 16.1. The van der Waals surface area contributed by atoms with Gasteiger partial charge in [0.15, 0.2) is 0 Å². The van der Waals surface area contributed by atoms with Gasteiger partial charge >= 0.3 is 0 Å². The van der Waals surface area contributed by atoms with Crippen LogP contribution >= 0.6 is 0 Å². The second kappa shape index (κ2) is 5.04. The van der Waals surface area contributed by atoms with Gasteiger partial charge in [0, 0.05) is 19.3 Å². The fourth-order valence-corrected chi connectivity index (χ4v) is 3.38. The van der Waals surface area contributed by atoms with Gasteiger partial charge in [-0.15, -0.1) is 0 Å². The lowest BCUT2D eigenvalue weighted by Gasteiger charge is -2.17. The lowest BCUT2D eigenvalue weighted by atomic mass is 10.2. The van der Waals surface area contributed by atoms with E-state index >= 15 is 0 Å². The summed E-state index contributed by atoms with van der Waals surface area (Å²) in [4.78, 5) is 15.2. The van der Waals surface area contributed by atoms with Gasteiger partial charge in [-0.3, -0.25) is 4.79 Å². The zero-order chi connectivity index (χ0) is 14.2. The number of rotatable bonds is 3. The third-order valence-corrected chi connectivity index (χ3v) is 4.48. The largest absolute Gasteiger partial charge is 0.310 e. The van der Waals surface area contributed by atoms with Crippen LogP contribution in [0.15, 0.2) is 47.4 Å². The van der Waals surface area contributed by atoms with Crippen LogP contribution in [-0.4, -0.2) is 33.5 Å². The molecule has 0 spiro atoms. The minimum atomic E-state index is 0.109. The van der Waals surface area contributed by atoms with Crippen molar-refractivity contribution in [3.63, 3.8) is 0 Å². The minimum absolute atomic E-state index is 0.109. The van der Waals surface area contributed by atoms with E-state index in [0.717, 1.165) is 29.6 Å². The fraction of sp³-hybridized carbons (Fsp3) is 0.353. The van der Waals surface area contributed by atoms with E-state index in [9.17, 15) is 4.79 Å². The number of nitrogens with zero attached hydrogens (tertiary/aromatic N) is 3. The number of fused-ring (bicyclic) bond motifs is 3. The number of aromatic nitrogens is 2. The Bertz CT molecular complexity index is 840. The number of likely N-dealkylation sites (tertiary alicyclic amines) is 1. The van der Waals surface area contributed by atoms with Crippen molar-refractivity contribution in [2.75, 3.05) is 19.6 Å². The van der Waals surface area contributed by atoms with E-state index in [1.807, 2.05) is 45.5 Å². The van der Waals surface area contributed by atoms with Gasteiger partial charge in [-0.1, -0.05) is 12.1 Å². The molecule has 4 nitrogen and oxygen atoms in total. The van der Waals surface area contributed by atoms with Crippen molar-refractivity contribution in [2.24, 2.45) is 0 Å². The number of para-hydroxylation sites is 2. The van der Waals surface area contributed by atoms with Gasteiger partial charge in [0.2, 0.25) is 0 Å². The molecule has 3 aromatic rings. The summed E-state index contributed by atoms with van der Waals surface area (Å²) < 4.78 is 3.92. The predicted octanol–water partition coefficient (Wildman–Crippen LogP) is 2.35. The summed E-state index contributed by atoms with van der Waals surface area (Å²) in [5, 5.41) is 0. The van der Waals surface area contributed by atoms with Crippen LogP contribution in [0.3, 0.4) is 0 Å². The van der Waals surface area contributed by atoms with Gasteiger partial charge in [-0.2, -0.15) is 0 Å². The second-order valence-corrected chi connectivity index (χ2v) is 5.76. The first-order valence-electron chi connectivity index (χ1n) is 7.65. The Morgan fingerprint density at radius 1 is 0.857 bits per heavy atom. The summed E-state index contributed by atoms with van der Waals surface area (Å²) in [6.45, 7) is 4.06. The number of benzene rings is 1. The smallest absolute Gasteiger partial charge is 0.275 e. The highest BCUT2D eigenvalue weighted by Gasteiger charge is 2.14. The maximum absolute atomic E-state index is 12.7. The molecule has 4 heteroatoms. The Hall–Kier alpha value is -2.07. The molecule has 0 atom stereocenters. The molecule has 0 radical (unpaired) electrons. The minimum Gasteiger partial charge on any atom is -0.310 e. The van der Waals surface area contributed by atoms with Crippen LogP contribution in [0, 0.1) is 0 Å². The van der Waals surface area contributed by atoms with E-state index in [-0.39, 0.29) is 5.56 Å². The van der Waals surface area contributed by atoms with E-state index in [2.05, 4.69) is 11.0 Å². The Morgan fingerprint density at radius 3 is 2.38 bits per heavy atom. The first kappa shape index (κ1) is 12.7. The van der Waals surface area contributed by atoms with E-state index in [1.54, 1.807) is 0 Å². The molecule has 2 aromatic heterocycles. The fourth-order valence-electron chi connectivity index (χ4n) is 3.38. The van der Waals surface area contributed by atoms with Crippen LogP contribution in [0.4, 0.5) is 0 Å². The van der Waals surface area contributed by atoms with Gasteiger partial charge in [-0.05, 0) is 50.2 Å². The van der Waals surface area contributed by atoms with Crippen LogP contribution in [-0.2, 0) is 6.54 Å². The normalized spacial score (nSPS) is 16.2. The molecule has 0 amide bonds. The molecule has 0 bridgehead atoms. The van der Waals surface area contributed by atoms with Gasteiger partial charge in [0.05, 0.1) is 11.0 Å². The molecule has 1 saturated heterocycles. The van der Waals surface area contributed by atoms with Crippen molar-refractivity contribution in [1.82, 2.24) is 13.9 Å².